The van der Waals surface area contributed by atoms with Crippen LogP contribution in [0.1, 0.15) is 39.6 Å². The van der Waals surface area contributed by atoms with Crippen molar-refractivity contribution < 1.29 is 14.0 Å². The highest BCUT2D eigenvalue weighted by Gasteiger charge is 2.37. The molecular weight excluding hydrogens is 344 g/mol. The lowest BCUT2D eigenvalue weighted by molar-refractivity contribution is 0.0726. The minimum absolute atomic E-state index is 0.00857. The number of nitrogens with zero attached hydrogens (tertiary/aromatic N) is 3. The number of rotatable bonds is 4. The molecule has 7 nitrogen and oxygen atoms in total. The van der Waals surface area contributed by atoms with Gasteiger partial charge >= 0.3 is 0 Å². The fourth-order valence-electron chi connectivity index (χ4n) is 4.10. The van der Waals surface area contributed by atoms with E-state index in [1.54, 1.807) is 25.4 Å². The number of piperidine rings is 1. The number of hydrogen-bond donors (Lipinski definition) is 1. The van der Waals surface area contributed by atoms with E-state index in [2.05, 4.69) is 15.2 Å². The molecule has 3 aliphatic heterocycles. The lowest BCUT2D eigenvalue weighted by atomic mass is 9.95. The molecule has 3 fully saturated rings. The molecule has 2 aromatic heterocycles. The van der Waals surface area contributed by atoms with E-state index in [0.29, 0.717) is 36.5 Å². The summed E-state index contributed by atoms with van der Waals surface area (Å²) in [5, 5.41) is 2.57. The van der Waals surface area contributed by atoms with E-state index in [1.807, 2.05) is 23.1 Å². The summed E-state index contributed by atoms with van der Waals surface area (Å²) < 4.78 is 5.69. The van der Waals surface area contributed by atoms with Gasteiger partial charge in [-0.3, -0.25) is 19.5 Å². The smallest absolute Gasteiger partial charge is 0.286 e. The van der Waals surface area contributed by atoms with Crippen molar-refractivity contribution in [2.75, 3.05) is 26.7 Å². The zero-order valence-corrected chi connectivity index (χ0v) is 15.4. The fourth-order valence-corrected chi connectivity index (χ4v) is 4.10. The van der Waals surface area contributed by atoms with Crippen molar-refractivity contribution in [3.8, 4) is 0 Å². The lowest BCUT2D eigenvalue weighted by Gasteiger charge is -2.35. The first-order valence-electron chi connectivity index (χ1n) is 9.39. The van der Waals surface area contributed by atoms with E-state index < -0.39 is 0 Å². The molecule has 2 bridgehead atoms. The van der Waals surface area contributed by atoms with Crippen LogP contribution in [0.15, 0.2) is 40.9 Å². The van der Waals surface area contributed by atoms with Crippen molar-refractivity contribution in [1.82, 2.24) is 20.1 Å². The average Bonchev–Trinajstić information content (AvgIpc) is 2.98. The van der Waals surface area contributed by atoms with E-state index in [-0.39, 0.29) is 11.8 Å². The first kappa shape index (κ1) is 17.7. The number of fused-ring (bicyclic) bond motifs is 4. The third-order valence-corrected chi connectivity index (χ3v) is 5.47. The molecule has 5 heterocycles. The number of nitrogens with one attached hydrogen (secondary N) is 1. The van der Waals surface area contributed by atoms with Crippen LogP contribution < -0.4 is 5.32 Å². The van der Waals surface area contributed by atoms with Gasteiger partial charge in [-0.05, 0) is 43.0 Å². The van der Waals surface area contributed by atoms with Crippen LogP contribution in [0.4, 0.5) is 0 Å². The molecule has 0 aromatic carbocycles. The summed E-state index contributed by atoms with van der Waals surface area (Å²) in [5.41, 5.74) is 0.506. The minimum Gasteiger partial charge on any atom is -0.455 e. The van der Waals surface area contributed by atoms with Gasteiger partial charge in [-0.2, -0.15) is 0 Å². The summed E-state index contributed by atoms with van der Waals surface area (Å²) in [6.07, 6.45) is 3.86. The van der Waals surface area contributed by atoms with Gasteiger partial charge in [0.25, 0.3) is 11.8 Å². The van der Waals surface area contributed by atoms with E-state index in [9.17, 15) is 9.59 Å². The topological polar surface area (TPSA) is 78.7 Å². The standard InChI is InChI=1S/C20H24N4O3/c1-21-19(25)18-8-7-16(27-18)13-23-10-14-5-6-15(23)12-24(11-14)20(26)17-4-2-3-9-22-17/h2-4,7-9,14-15H,5-6,10-13H2,1H3,(H,21,25)/t14-,15-/m1/s1. The second-order valence-electron chi connectivity index (χ2n) is 7.30. The van der Waals surface area contributed by atoms with E-state index in [1.165, 1.54) is 0 Å². The molecule has 7 heteroatoms. The summed E-state index contributed by atoms with van der Waals surface area (Å²) >= 11 is 0. The Morgan fingerprint density at radius 2 is 2.07 bits per heavy atom. The van der Waals surface area contributed by atoms with Crippen LogP contribution in [-0.2, 0) is 6.54 Å². The first-order valence-corrected chi connectivity index (χ1v) is 9.39. The number of carbonyl (C=O) groups excluding carboxylic acids is 2. The average molecular weight is 368 g/mol. The minimum atomic E-state index is -0.217. The van der Waals surface area contributed by atoms with Gasteiger partial charge in [-0.1, -0.05) is 6.07 Å². The van der Waals surface area contributed by atoms with Crippen molar-refractivity contribution in [1.29, 1.82) is 0 Å². The predicted octanol–water partition coefficient (Wildman–Crippen LogP) is 1.77. The maximum absolute atomic E-state index is 12.8. The number of furan rings is 1. The number of pyridine rings is 1. The number of carbonyl (C=O) groups is 2. The van der Waals surface area contributed by atoms with Gasteiger partial charge in [0.1, 0.15) is 11.5 Å². The molecule has 5 rings (SSSR count). The second kappa shape index (κ2) is 7.52. The van der Waals surface area contributed by atoms with Crippen molar-refractivity contribution in [3.05, 3.63) is 53.7 Å². The van der Waals surface area contributed by atoms with Gasteiger partial charge in [0.2, 0.25) is 0 Å². The highest BCUT2D eigenvalue weighted by atomic mass is 16.4. The van der Waals surface area contributed by atoms with E-state index in [0.717, 1.165) is 31.7 Å². The maximum atomic E-state index is 12.8. The predicted molar refractivity (Wildman–Crippen MR) is 99.2 cm³/mol. The van der Waals surface area contributed by atoms with Gasteiger partial charge in [-0.25, -0.2) is 0 Å². The molecule has 142 valence electrons. The van der Waals surface area contributed by atoms with Crippen LogP contribution in [0.5, 0.6) is 0 Å². The lowest BCUT2D eigenvalue weighted by Crippen LogP contribution is -2.43. The summed E-state index contributed by atoms with van der Waals surface area (Å²) in [6.45, 7) is 3.06. The van der Waals surface area contributed by atoms with Gasteiger partial charge < -0.3 is 14.6 Å². The van der Waals surface area contributed by atoms with Crippen molar-refractivity contribution >= 4 is 11.8 Å². The van der Waals surface area contributed by atoms with Gasteiger partial charge in [-0.15, -0.1) is 0 Å². The highest BCUT2D eigenvalue weighted by Crippen LogP contribution is 2.30. The molecule has 3 aliphatic rings. The fraction of sp³-hybridized carbons (Fsp3) is 0.450. The maximum Gasteiger partial charge on any atom is 0.286 e. The number of hydrogen-bond acceptors (Lipinski definition) is 5. The van der Waals surface area contributed by atoms with Gasteiger partial charge in [0.05, 0.1) is 6.54 Å². The molecular formula is C20H24N4O3. The van der Waals surface area contributed by atoms with Gasteiger partial charge in [0, 0.05) is 38.9 Å². The number of amides is 2. The van der Waals surface area contributed by atoms with Crippen LogP contribution in [0.25, 0.3) is 0 Å². The normalized spacial score (nSPS) is 22.5. The molecule has 1 N–H and O–H groups in total. The Morgan fingerprint density at radius 1 is 1.19 bits per heavy atom. The summed E-state index contributed by atoms with van der Waals surface area (Å²) in [7, 11) is 1.59. The molecule has 0 spiro atoms. The van der Waals surface area contributed by atoms with E-state index in [4.69, 9.17) is 4.42 Å². The summed E-state index contributed by atoms with van der Waals surface area (Å²) in [5.74, 6) is 1.35. The molecule has 0 saturated carbocycles. The van der Waals surface area contributed by atoms with Crippen LogP contribution in [0.3, 0.4) is 0 Å². The molecule has 0 radical (unpaired) electrons. The number of aromatic nitrogens is 1. The Hall–Kier alpha value is -2.67. The Bertz CT molecular complexity index is 820. The van der Waals surface area contributed by atoms with Crippen LogP contribution >= 0.6 is 0 Å². The highest BCUT2D eigenvalue weighted by molar-refractivity contribution is 5.92. The third-order valence-electron chi connectivity index (χ3n) is 5.47. The van der Waals surface area contributed by atoms with Crippen LogP contribution in [-0.4, -0.2) is 59.3 Å². The molecule has 0 unspecified atom stereocenters. The van der Waals surface area contributed by atoms with Crippen molar-refractivity contribution in [2.24, 2.45) is 5.92 Å². The monoisotopic (exact) mass is 368 g/mol. The van der Waals surface area contributed by atoms with Crippen LogP contribution in [0.2, 0.25) is 0 Å². The van der Waals surface area contributed by atoms with Crippen molar-refractivity contribution in [3.63, 3.8) is 0 Å². The van der Waals surface area contributed by atoms with E-state index >= 15 is 0 Å². The Balaban J connectivity index is 1.46. The van der Waals surface area contributed by atoms with Gasteiger partial charge in [0.15, 0.2) is 5.76 Å². The molecule has 2 amide bonds. The molecule has 27 heavy (non-hydrogen) atoms. The molecule has 3 saturated heterocycles. The van der Waals surface area contributed by atoms with Crippen LogP contribution in [0, 0.1) is 5.92 Å². The SMILES string of the molecule is CNC(=O)c1ccc(CN2C[C@H]3CC[C@@H]2CN(C(=O)c2ccccn2)C3)o1. The zero-order valence-electron chi connectivity index (χ0n) is 15.4. The second-order valence-corrected chi connectivity index (χ2v) is 7.30. The largest absolute Gasteiger partial charge is 0.455 e. The molecule has 2 atom stereocenters. The zero-order chi connectivity index (χ0) is 18.8. The Morgan fingerprint density at radius 3 is 2.85 bits per heavy atom. The Kier molecular flexibility index (Phi) is 4.94. The summed E-state index contributed by atoms with van der Waals surface area (Å²) in [4.78, 5) is 33.1. The van der Waals surface area contributed by atoms with Crippen molar-refractivity contribution in [2.45, 2.75) is 25.4 Å². The third kappa shape index (κ3) is 3.73. The summed E-state index contributed by atoms with van der Waals surface area (Å²) in [6, 6.07) is 9.31. The quantitative estimate of drug-likeness (QED) is 0.890. The molecule has 0 aliphatic carbocycles. The first-order chi connectivity index (χ1) is 13.1. The Labute approximate surface area is 158 Å². The molecule has 2 aromatic rings.